The summed E-state index contributed by atoms with van der Waals surface area (Å²) in [4.78, 5) is 16.3. The van der Waals surface area contributed by atoms with Gasteiger partial charge in [0.05, 0.1) is 17.1 Å². The van der Waals surface area contributed by atoms with Crippen molar-refractivity contribution in [1.82, 2.24) is 15.2 Å². The summed E-state index contributed by atoms with van der Waals surface area (Å²) in [5.74, 6) is 1.13. The van der Waals surface area contributed by atoms with Crippen LogP contribution in [0.2, 0.25) is 0 Å². The van der Waals surface area contributed by atoms with Crippen LogP contribution in [0.25, 0.3) is 22.4 Å². The molecule has 0 amide bonds. The smallest absolute Gasteiger partial charge is 0.277 e. The Balaban J connectivity index is 1.57. The molecule has 4 aromatic rings. The fraction of sp³-hybridized carbons (Fsp3) is 0.211. The Morgan fingerprint density at radius 1 is 1.19 bits per heavy atom. The van der Waals surface area contributed by atoms with E-state index in [0.29, 0.717) is 22.4 Å². The number of para-hydroxylation sites is 1. The van der Waals surface area contributed by atoms with Gasteiger partial charge in [-0.05, 0) is 32.9 Å². The highest BCUT2D eigenvalue weighted by molar-refractivity contribution is 8.00. The third-order valence-corrected chi connectivity index (χ3v) is 5.22. The third kappa shape index (κ3) is 2.84. The summed E-state index contributed by atoms with van der Waals surface area (Å²) in [5.41, 5.74) is 3.30. The van der Waals surface area contributed by atoms with Crippen molar-refractivity contribution in [2.45, 2.75) is 31.2 Å². The number of Topliss-reactive ketones (excluding diaryl/α,β-unsaturated/α-hetero) is 1. The van der Waals surface area contributed by atoms with E-state index >= 15 is 0 Å². The van der Waals surface area contributed by atoms with E-state index < -0.39 is 0 Å². The summed E-state index contributed by atoms with van der Waals surface area (Å²) in [6.45, 7) is 5.59. The lowest BCUT2D eigenvalue weighted by Gasteiger charge is -2.07. The number of aryl methyl sites for hydroxylation is 2. The van der Waals surface area contributed by atoms with Crippen LogP contribution >= 0.6 is 11.8 Å². The van der Waals surface area contributed by atoms with Crippen molar-refractivity contribution in [2.24, 2.45) is 0 Å². The van der Waals surface area contributed by atoms with Crippen LogP contribution in [-0.4, -0.2) is 26.2 Å². The number of thioether (sulfide) groups is 1. The maximum Gasteiger partial charge on any atom is 0.277 e. The minimum atomic E-state index is -0.355. The summed E-state index contributed by atoms with van der Waals surface area (Å²) in [6.07, 6.45) is 1.58. The van der Waals surface area contributed by atoms with Crippen molar-refractivity contribution in [2.75, 3.05) is 0 Å². The fourth-order valence-corrected chi connectivity index (χ4v) is 3.72. The van der Waals surface area contributed by atoms with Crippen molar-refractivity contribution in [3.63, 3.8) is 0 Å². The van der Waals surface area contributed by atoms with Gasteiger partial charge in [0, 0.05) is 22.2 Å². The summed E-state index contributed by atoms with van der Waals surface area (Å²) in [5, 5.41) is 9.03. The number of fused-ring (bicyclic) bond motifs is 1. The molecule has 1 atom stereocenters. The van der Waals surface area contributed by atoms with Crippen LogP contribution in [-0.2, 0) is 0 Å². The summed E-state index contributed by atoms with van der Waals surface area (Å²) < 4.78 is 10.9. The number of carbonyl (C=O) groups excluding carboxylic acids is 1. The molecular weight excluding hydrogens is 350 g/mol. The van der Waals surface area contributed by atoms with Crippen LogP contribution in [0, 0.1) is 13.8 Å². The largest absolute Gasteiger partial charge is 0.469 e. The molecule has 1 N–H and O–H groups in total. The maximum atomic E-state index is 13.0. The van der Waals surface area contributed by atoms with Gasteiger partial charge in [0.15, 0.2) is 5.78 Å². The first-order valence-electron chi connectivity index (χ1n) is 8.20. The highest BCUT2D eigenvalue weighted by Crippen LogP contribution is 2.31. The van der Waals surface area contributed by atoms with Gasteiger partial charge < -0.3 is 13.8 Å². The van der Waals surface area contributed by atoms with Gasteiger partial charge in [-0.25, -0.2) is 0 Å². The number of carbonyl (C=O) groups is 1. The quantitative estimate of drug-likeness (QED) is 0.403. The van der Waals surface area contributed by atoms with Gasteiger partial charge in [-0.2, -0.15) is 0 Å². The molecule has 132 valence electrons. The minimum absolute atomic E-state index is 0.0317. The number of aromatic nitrogens is 3. The van der Waals surface area contributed by atoms with E-state index in [9.17, 15) is 4.79 Å². The zero-order chi connectivity index (χ0) is 18.3. The van der Waals surface area contributed by atoms with Crippen LogP contribution in [0.3, 0.4) is 0 Å². The molecule has 0 radical (unpaired) electrons. The average molecular weight is 367 g/mol. The van der Waals surface area contributed by atoms with Crippen molar-refractivity contribution in [1.29, 1.82) is 0 Å². The molecule has 7 heteroatoms. The molecule has 4 rings (SSSR count). The molecule has 0 unspecified atom stereocenters. The molecule has 0 spiro atoms. The molecular formula is C19H17N3O3S. The van der Waals surface area contributed by atoms with Crippen molar-refractivity contribution in [3.8, 4) is 11.5 Å². The molecule has 0 aliphatic heterocycles. The Hall–Kier alpha value is -2.80. The Labute approximate surface area is 154 Å². The lowest BCUT2D eigenvalue weighted by Crippen LogP contribution is -2.14. The molecule has 1 aromatic carbocycles. The Morgan fingerprint density at radius 2 is 2.00 bits per heavy atom. The second kappa shape index (κ2) is 6.49. The molecule has 0 aliphatic carbocycles. The highest BCUT2D eigenvalue weighted by atomic mass is 32.2. The average Bonchev–Trinajstić information content (AvgIpc) is 3.32. The number of hydrogen-bond donors (Lipinski definition) is 1. The van der Waals surface area contributed by atoms with E-state index in [1.54, 1.807) is 12.3 Å². The topological polar surface area (TPSA) is 84.9 Å². The lowest BCUT2D eigenvalue weighted by molar-refractivity contribution is 0.0994. The molecule has 3 aromatic heterocycles. The molecule has 0 saturated heterocycles. The third-order valence-electron chi connectivity index (χ3n) is 4.28. The number of benzene rings is 1. The number of hydrogen-bond acceptors (Lipinski definition) is 6. The molecule has 6 nitrogen and oxygen atoms in total. The van der Waals surface area contributed by atoms with Gasteiger partial charge in [0.25, 0.3) is 11.1 Å². The molecule has 3 heterocycles. The molecule has 0 bridgehead atoms. The van der Waals surface area contributed by atoms with Gasteiger partial charge >= 0.3 is 0 Å². The predicted molar refractivity (Wildman–Crippen MR) is 99.4 cm³/mol. The molecule has 0 aliphatic rings. The van der Waals surface area contributed by atoms with Crippen LogP contribution < -0.4 is 0 Å². The van der Waals surface area contributed by atoms with Gasteiger partial charge in [0.1, 0.15) is 5.76 Å². The van der Waals surface area contributed by atoms with Gasteiger partial charge in [0.2, 0.25) is 0 Å². The van der Waals surface area contributed by atoms with Crippen LogP contribution in [0.15, 0.2) is 50.7 Å². The first-order valence-corrected chi connectivity index (χ1v) is 9.08. The maximum absolute atomic E-state index is 13.0. The lowest BCUT2D eigenvalue weighted by atomic mass is 10.1. The first-order chi connectivity index (χ1) is 12.5. The van der Waals surface area contributed by atoms with Crippen LogP contribution in [0.5, 0.6) is 0 Å². The number of ketones is 1. The Kier molecular flexibility index (Phi) is 4.16. The SMILES string of the molecule is Cc1[nH]c2ccccc2c1C(=O)[C@@H](C)Sc1nnc(-c2ccoc2C)o1. The first kappa shape index (κ1) is 16.7. The van der Waals surface area contributed by atoms with E-state index in [0.717, 1.165) is 22.2 Å². The van der Waals surface area contributed by atoms with E-state index in [4.69, 9.17) is 8.83 Å². The molecule has 26 heavy (non-hydrogen) atoms. The zero-order valence-corrected chi connectivity index (χ0v) is 15.4. The van der Waals surface area contributed by atoms with Crippen LogP contribution in [0.4, 0.5) is 0 Å². The number of rotatable bonds is 5. The molecule has 0 fully saturated rings. The highest BCUT2D eigenvalue weighted by Gasteiger charge is 2.24. The van der Waals surface area contributed by atoms with Crippen molar-refractivity contribution >= 4 is 28.4 Å². The normalized spacial score (nSPS) is 12.6. The van der Waals surface area contributed by atoms with Crippen molar-refractivity contribution in [3.05, 3.63) is 53.6 Å². The second-order valence-electron chi connectivity index (χ2n) is 6.06. The predicted octanol–water partition coefficient (Wildman–Crippen LogP) is 4.79. The van der Waals surface area contributed by atoms with Gasteiger partial charge in [-0.15, -0.1) is 10.2 Å². The van der Waals surface area contributed by atoms with E-state index in [-0.39, 0.29) is 11.0 Å². The molecule has 0 saturated carbocycles. The minimum Gasteiger partial charge on any atom is -0.469 e. The number of furan rings is 1. The second-order valence-corrected chi connectivity index (χ2v) is 7.35. The number of aromatic amines is 1. The van der Waals surface area contributed by atoms with E-state index in [1.807, 2.05) is 45.0 Å². The standard InChI is InChI=1S/C19H17N3O3S/c1-10-16(14-6-4-5-7-15(14)20-10)17(23)12(3)26-19-22-21-18(25-19)13-8-9-24-11(13)2/h4-9,12,20H,1-3H3/t12-/m1/s1. The van der Waals surface area contributed by atoms with Gasteiger partial charge in [-0.3, -0.25) is 4.79 Å². The van der Waals surface area contributed by atoms with Gasteiger partial charge in [-0.1, -0.05) is 30.0 Å². The monoisotopic (exact) mass is 367 g/mol. The number of nitrogens with zero attached hydrogens (tertiary/aromatic N) is 2. The fourth-order valence-electron chi connectivity index (χ4n) is 2.98. The number of H-pyrrole nitrogens is 1. The van der Waals surface area contributed by atoms with E-state index in [2.05, 4.69) is 15.2 Å². The van der Waals surface area contributed by atoms with E-state index in [1.165, 1.54) is 11.8 Å². The summed E-state index contributed by atoms with van der Waals surface area (Å²) >= 11 is 1.26. The zero-order valence-electron chi connectivity index (χ0n) is 14.6. The summed E-state index contributed by atoms with van der Waals surface area (Å²) in [7, 11) is 0. The number of nitrogens with one attached hydrogen (secondary N) is 1. The van der Waals surface area contributed by atoms with Crippen molar-refractivity contribution < 1.29 is 13.6 Å². The summed E-state index contributed by atoms with van der Waals surface area (Å²) in [6, 6.07) is 9.58. The Bertz CT molecular complexity index is 1090. The Morgan fingerprint density at radius 3 is 2.77 bits per heavy atom. The van der Waals surface area contributed by atoms with Crippen LogP contribution in [0.1, 0.15) is 28.7 Å².